The first-order valence-corrected chi connectivity index (χ1v) is 6.35. The second-order valence-electron chi connectivity index (χ2n) is 4.96. The van der Waals surface area contributed by atoms with Crippen LogP contribution in [0.5, 0.6) is 11.8 Å². The minimum Gasteiger partial charge on any atom is -0.376 e. The van der Waals surface area contributed by atoms with Crippen molar-refractivity contribution in [1.82, 2.24) is 0 Å². The molecule has 0 saturated carbocycles. The number of nitrogens with zero attached hydrogens (tertiary/aromatic N) is 1. The molecule has 0 fully saturated rings. The van der Waals surface area contributed by atoms with E-state index >= 15 is 0 Å². The van der Waals surface area contributed by atoms with Crippen LogP contribution in [0.4, 0.5) is 0 Å². The van der Waals surface area contributed by atoms with E-state index in [1.54, 1.807) is 6.26 Å². The first kappa shape index (κ1) is 12.7. The van der Waals surface area contributed by atoms with Crippen LogP contribution in [0, 0.1) is 0 Å². The van der Waals surface area contributed by atoms with Gasteiger partial charge < -0.3 is 9.15 Å². The Morgan fingerprint density at radius 3 is 2.50 bits per heavy atom. The Morgan fingerprint density at radius 2 is 1.83 bits per heavy atom. The smallest absolute Gasteiger partial charge is 0.376 e. The van der Waals surface area contributed by atoms with Gasteiger partial charge in [0.2, 0.25) is 6.20 Å². The SMILES string of the molecule is CC(C)c1ccccc1Oc1occ[n+]1C(C)C. The monoisotopic (exact) mass is 246 g/mol. The summed E-state index contributed by atoms with van der Waals surface area (Å²) in [7, 11) is 0. The summed E-state index contributed by atoms with van der Waals surface area (Å²) in [6.07, 6.45) is 4.06. The molecule has 0 amide bonds. The Labute approximate surface area is 108 Å². The van der Waals surface area contributed by atoms with E-state index in [2.05, 4.69) is 33.8 Å². The summed E-state index contributed by atoms with van der Waals surface area (Å²) in [5.74, 6) is 1.28. The molecule has 2 rings (SSSR count). The summed E-state index contributed by atoms with van der Waals surface area (Å²) in [4.78, 5) is 0. The normalized spacial score (nSPS) is 11.2. The lowest BCUT2D eigenvalue weighted by atomic mass is 10.0. The van der Waals surface area contributed by atoms with Crippen molar-refractivity contribution in [2.24, 2.45) is 0 Å². The van der Waals surface area contributed by atoms with Crippen molar-refractivity contribution in [3.8, 4) is 11.8 Å². The molecule has 0 radical (unpaired) electrons. The molecule has 0 bridgehead atoms. The van der Waals surface area contributed by atoms with E-state index in [1.165, 1.54) is 5.56 Å². The van der Waals surface area contributed by atoms with E-state index in [4.69, 9.17) is 9.15 Å². The molecule has 0 spiro atoms. The van der Waals surface area contributed by atoms with Crippen molar-refractivity contribution in [3.05, 3.63) is 42.3 Å². The summed E-state index contributed by atoms with van der Waals surface area (Å²) >= 11 is 0. The maximum atomic E-state index is 5.90. The molecule has 1 heterocycles. The number of aromatic nitrogens is 1. The van der Waals surface area contributed by atoms with Crippen LogP contribution in [0.25, 0.3) is 0 Å². The summed E-state index contributed by atoms with van der Waals surface area (Å²) in [5.41, 5.74) is 1.18. The molecule has 0 unspecified atom stereocenters. The number of hydrogen-bond acceptors (Lipinski definition) is 2. The first-order valence-electron chi connectivity index (χ1n) is 6.35. The van der Waals surface area contributed by atoms with Crippen LogP contribution >= 0.6 is 0 Å². The minimum atomic E-state index is 0.310. The number of hydrogen-bond donors (Lipinski definition) is 0. The lowest BCUT2D eigenvalue weighted by Gasteiger charge is -2.10. The fraction of sp³-hybridized carbons (Fsp3) is 0.400. The summed E-state index contributed by atoms with van der Waals surface area (Å²) in [5, 5.41) is 0. The van der Waals surface area contributed by atoms with Crippen LogP contribution in [0.3, 0.4) is 0 Å². The van der Waals surface area contributed by atoms with Crippen molar-refractivity contribution in [1.29, 1.82) is 0 Å². The van der Waals surface area contributed by atoms with E-state index in [1.807, 2.05) is 29.0 Å². The standard InChI is InChI=1S/C15H20NO2/c1-11(2)13-7-5-6-8-14(13)18-15-16(12(3)4)9-10-17-15/h5-12H,1-4H3/q+1. The van der Waals surface area contributed by atoms with Crippen molar-refractivity contribution >= 4 is 0 Å². The zero-order chi connectivity index (χ0) is 13.1. The molecule has 0 aliphatic rings. The maximum Gasteiger partial charge on any atom is 0.565 e. The first-order chi connectivity index (χ1) is 8.59. The molecule has 18 heavy (non-hydrogen) atoms. The van der Waals surface area contributed by atoms with Gasteiger partial charge in [-0.15, -0.1) is 4.57 Å². The highest BCUT2D eigenvalue weighted by Gasteiger charge is 2.22. The molecule has 0 saturated heterocycles. The fourth-order valence-electron chi connectivity index (χ4n) is 1.88. The van der Waals surface area contributed by atoms with Gasteiger partial charge >= 0.3 is 6.08 Å². The lowest BCUT2D eigenvalue weighted by molar-refractivity contribution is -0.722. The van der Waals surface area contributed by atoms with Crippen LogP contribution in [-0.2, 0) is 0 Å². The number of rotatable bonds is 4. The van der Waals surface area contributed by atoms with Crippen molar-refractivity contribution in [2.45, 2.75) is 39.7 Å². The molecular formula is C15H20NO2+. The quantitative estimate of drug-likeness (QED) is 0.760. The summed E-state index contributed by atoms with van der Waals surface area (Å²) < 4.78 is 13.3. The molecule has 1 aromatic carbocycles. The highest BCUT2D eigenvalue weighted by atomic mass is 16.6. The van der Waals surface area contributed by atoms with Crippen molar-refractivity contribution in [2.75, 3.05) is 0 Å². The molecule has 96 valence electrons. The van der Waals surface area contributed by atoms with Crippen molar-refractivity contribution in [3.63, 3.8) is 0 Å². The van der Waals surface area contributed by atoms with Gasteiger partial charge in [-0.3, -0.25) is 0 Å². The largest absolute Gasteiger partial charge is 0.565 e. The predicted molar refractivity (Wildman–Crippen MR) is 69.9 cm³/mol. The van der Waals surface area contributed by atoms with E-state index in [-0.39, 0.29) is 0 Å². The highest BCUT2D eigenvalue weighted by molar-refractivity contribution is 5.36. The molecular weight excluding hydrogens is 226 g/mol. The topological polar surface area (TPSA) is 26.2 Å². The minimum absolute atomic E-state index is 0.310. The highest BCUT2D eigenvalue weighted by Crippen LogP contribution is 2.29. The number of benzene rings is 1. The van der Waals surface area contributed by atoms with Gasteiger partial charge in [-0.25, -0.2) is 0 Å². The average molecular weight is 246 g/mol. The third kappa shape index (κ3) is 2.55. The molecule has 3 nitrogen and oxygen atoms in total. The van der Waals surface area contributed by atoms with Gasteiger partial charge in [-0.2, -0.15) is 0 Å². The van der Waals surface area contributed by atoms with Crippen molar-refractivity contribution < 1.29 is 13.7 Å². The van der Waals surface area contributed by atoms with Gasteiger partial charge in [0.15, 0.2) is 12.3 Å². The van der Waals surface area contributed by atoms with Gasteiger partial charge in [0.25, 0.3) is 0 Å². The van der Waals surface area contributed by atoms with Gasteiger partial charge in [-0.1, -0.05) is 32.0 Å². The number of ether oxygens (including phenoxy) is 1. The van der Waals surface area contributed by atoms with Gasteiger partial charge in [0, 0.05) is 0 Å². The summed E-state index contributed by atoms with van der Waals surface area (Å²) in [6, 6.07) is 8.38. The van der Waals surface area contributed by atoms with Gasteiger partial charge in [-0.05, 0) is 31.4 Å². The van der Waals surface area contributed by atoms with Crippen LogP contribution in [-0.4, -0.2) is 0 Å². The van der Waals surface area contributed by atoms with Crippen LogP contribution < -0.4 is 9.30 Å². The third-order valence-corrected chi connectivity index (χ3v) is 2.90. The Morgan fingerprint density at radius 1 is 1.11 bits per heavy atom. The maximum absolute atomic E-state index is 5.90. The van der Waals surface area contributed by atoms with E-state index in [0.717, 1.165) is 5.75 Å². The van der Waals surface area contributed by atoms with E-state index in [9.17, 15) is 0 Å². The molecule has 1 aromatic heterocycles. The molecule has 0 aliphatic heterocycles. The Bertz CT molecular complexity index is 515. The summed E-state index contributed by atoms with van der Waals surface area (Å²) in [6.45, 7) is 8.50. The number of oxazole rings is 1. The van der Waals surface area contributed by atoms with Gasteiger partial charge in [0.05, 0.1) is 0 Å². The molecule has 2 aromatic rings. The van der Waals surface area contributed by atoms with Crippen LogP contribution in [0.15, 0.2) is 41.1 Å². The zero-order valence-corrected chi connectivity index (χ0v) is 11.4. The number of para-hydroxylation sites is 1. The molecule has 0 aliphatic carbocycles. The second-order valence-corrected chi connectivity index (χ2v) is 4.96. The second kappa shape index (κ2) is 5.25. The average Bonchev–Trinajstić information content (AvgIpc) is 2.77. The fourth-order valence-corrected chi connectivity index (χ4v) is 1.88. The lowest BCUT2D eigenvalue weighted by Crippen LogP contribution is -2.34. The molecule has 3 heteroatoms. The van der Waals surface area contributed by atoms with Crippen LogP contribution in [0.1, 0.15) is 45.2 Å². The van der Waals surface area contributed by atoms with E-state index < -0.39 is 0 Å². The Balaban J connectivity index is 2.31. The Kier molecular flexibility index (Phi) is 3.70. The predicted octanol–water partition coefficient (Wildman–Crippen LogP) is 4.06. The van der Waals surface area contributed by atoms with Crippen LogP contribution in [0.2, 0.25) is 0 Å². The zero-order valence-electron chi connectivity index (χ0n) is 11.4. The molecule has 0 N–H and O–H groups in total. The van der Waals surface area contributed by atoms with Gasteiger partial charge in [0.1, 0.15) is 5.75 Å². The van der Waals surface area contributed by atoms with E-state index in [0.29, 0.717) is 18.0 Å². The Hall–Kier alpha value is -1.77. The third-order valence-electron chi connectivity index (χ3n) is 2.90. The molecule has 0 atom stereocenters.